The van der Waals surface area contributed by atoms with Crippen LogP contribution in [0, 0.1) is 0 Å². The van der Waals surface area contributed by atoms with Gasteiger partial charge in [-0.15, -0.1) is 6.58 Å². The third kappa shape index (κ3) is 15.4. The van der Waals surface area contributed by atoms with E-state index in [2.05, 4.69) is 159 Å². The average molecular weight is 821 g/mol. The molecule has 0 aliphatic rings. The topological polar surface area (TPSA) is 54.0 Å². The van der Waals surface area contributed by atoms with Gasteiger partial charge in [-0.05, 0) is 96.3 Å². The van der Waals surface area contributed by atoms with Gasteiger partial charge in [0, 0.05) is 6.42 Å². The molecule has 0 saturated carbocycles. The van der Waals surface area contributed by atoms with Crippen molar-refractivity contribution in [1.82, 2.24) is 0 Å². The van der Waals surface area contributed by atoms with E-state index >= 15 is 0 Å². The second-order valence-electron chi connectivity index (χ2n) is 17.8. The molecule has 3 atom stereocenters. The average Bonchev–Trinajstić information content (AvgIpc) is 3.18. The van der Waals surface area contributed by atoms with Gasteiger partial charge in [-0.3, -0.25) is 4.79 Å². The van der Waals surface area contributed by atoms with Crippen molar-refractivity contribution in [3.63, 3.8) is 0 Å². The molecule has 0 spiro atoms. The van der Waals surface area contributed by atoms with E-state index in [1.165, 1.54) is 10.4 Å². The Labute approximate surface area is 354 Å². The highest BCUT2D eigenvalue weighted by atomic mass is 28.4. The molecule has 0 aromatic heterocycles. The fourth-order valence-corrected chi connectivity index (χ4v) is 12.7. The third-order valence-electron chi connectivity index (χ3n) is 11.0. The number of methoxy groups -OCH3 is 1. The zero-order chi connectivity index (χ0) is 42.7. The summed E-state index contributed by atoms with van der Waals surface area (Å²) in [5.41, 5.74) is 1.14. The number of hydrogen-bond acceptors (Lipinski definition) is 5. The first kappa shape index (κ1) is 48.5. The number of unbranched alkanes of at least 4 members (excludes halogenated alkanes) is 1. The molecule has 0 amide bonds. The number of allylic oxidation sites excluding steroid dienone is 6. The van der Waals surface area contributed by atoms with Crippen molar-refractivity contribution in [2.45, 2.75) is 135 Å². The van der Waals surface area contributed by atoms with Gasteiger partial charge >= 0.3 is 0 Å². The van der Waals surface area contributed by atoms with E-state index in [0.29, 0.717) is 25.9 Å². The van der Waals surface area contributed by atoms with Crippen molar-refractivity contribution in [2.24, 2.45) is 0 Å². The van der Waals surface area contributed by atoms with Crippen molar-refractivity contribution in [1.29, 1.82) is 0 Å². The Morgan fingerprint density at radius 3 is 1.91 bits per heavy atom. The Morgan fingerprint density at radius 2 is 1.36 bits per heavy atom. The molecule has 3 aromatic rings. The predicted octanol–water partition coefficient (Wildman–Crippen LogP) is 12.3. The fourth-order valence-electron chi connectivity index (χ4n) is 6.71. The van der Waals surface area contributed by atoms with E-state index in [1.54, 1.807) is 13.2 Å². The maximum absolute atomic E-state index is 13.2. The second-order valence-corrected chi connectivity index (χ2v) is 26.8. The lowest BCUT2D eigenvalue weighted by atomic mass is 10.1. The SMILES string of the molecule is C=CC[C@@H](/C=C/C=C\C[C@@H](CC(=O)/C=C/C=C/CCC[C@H](C)OCc1ccc(OC)cc1)O[Si](C)(C)C(C)(C)C)O[Si](c1ccccc1)(c1ccccc1)C(C)(C)C. The molecular formula is C51H72O5Si2. The highest BCUT2D eigenvalue weighted by Gasteiger charge is 2.51. The van der Waals surface area contributed by atoms with Gasteiger partial charge in [-0.2, -0.15) is 0 Å². The summed E-state index contributed by atoms with van der Waals surface area (Å²) >= 11 is 0. The number of carbonyl (C=O) groups excluding carboxylic acids is 1. The molecule has 0 aliphatic carbocycles. The van der Waals surface area contributed by atoms with Crippen LogP contribution in [-0.2, 0) is 25.0 Å². The van der Waals surface area contributed by atoms with Gasteiger partial charge in [0.05, 0.1) is 32.0 Å². The Balaban J connectivity index is 1.63. The van der Waals surface area contributed by atoms with E-state index < -0.39 is 16.6 Å². The second kappa shape index (κ2) is 23.7. The summed E-state index contributed by atoms with van der Waals surface area (Å²) < 4.78 is 25.4. The van der Waals surface area contributed by atoms with E-state index in [9.17, 15) is 4.79 Å². The fraction of sp³-hybridized carbons (Fsp3) is 0.431. The van der Waals surface area contributed by atoms with Crippen LogP contribution >= 0.6 is 0 Å². The predicted molar refractivity (Wildman–Crippen MR) is 251 cm³/mol. The number of rotatable bonds is 24. The Morgan fingerprint density at radius 1 is 0.759 bits per heavy atom. The number of hydrogen-bond donors (Lipinski definition) is 0. The minimum atomic E-state index is -2.74. The van der Waals surface area contributed by atoms with Crippen LogP contribution in [0.4, 0.5) is 0 Å². The first-order valence-corrected chi connectivity index (χ1v) is 25.9. The smallest absolute Gasteiger partial charge is 0.261 e. The van der Waals surface area contributed by atoms with Gasteiger partial charge in [-0.25, -0.2) is 0 Å². The van der Waals surface area contributed by atoms with Crippen LogP contribution in [-0.4, -0.2) is 47.8 Å². The van der Waals surface area contributed by atoms with Crippen LogP contribution in [0.15, 0.2) is 146 Å². The van der Waals surface area contributed by atoms with Crippen LogP contribution in [0.2, 0.25) is 23.2 Å². The molecule has 3 aromatic carbocycles. The molecule has 0 heterocycles. The number of ketones is 1. The molecule has 314 valence electrons. The number of benzene rings is 3. The zero-order valence-corrected chi connectivity index (χ0v) is 39.2. The van der Waals surface area contributed by atoms with Crippen LogP contribution in [0.3, 0.4) is 0 Å². The van der Waals surface area contributed by atoms with E-state index in [-0.39, 0.29) is 34.2 Å². The van der Waals surface area contributed by atoms with E-state index in [0.717, 1.165) is 30.6 Å². The summed E-state index contributed by atoms with van der Waals surface area (Å²) in [7, 11) is -3.18. The highest BCUT2D eigenvalue weighted by Crippen LogP contribution is 2.39. The molecule has 0 N–H and O–H groups in total. The first-order chi connectivity index (χ1) is 27.5. The molecule has 7 heteroatoms. The minimum Gasteiger partial charge on any atom is -0.497 e. The van der Waals surface area contributed by atoms with Crippen molar-refractivity contribution in [3.05, 3.63) is 152 Å². The molecule has 5 nitrogen and oxygen atoms in total. The van der Waals surface area contributed by atoms with E-state index in [4.69, 9.17) is 18.3 Å². The Hall–Kier alpha value is -3.86. The monoisotopic (exact) mass is 820 g/mol. The van der Waals surface area contributed by atoms with Crippen molar-refractivity contribution < 1.29 is 23.1 Å². The van der Waals surface area contributed by atoms with Crippen molar-refractivity contribution >= 4 is 32.8 Å². The minimum absolute atomic E-state index is 0.0326. The van der Waals surface area contributed by atoms with Crippen molar-refractivity contribution in [3.8, 4) is 5.75 Å². The quantitative estimate of drug-likeness (QED) is 0.0296. The highest BCUT2D eigenvalue weighted by molar-refractivity contribution is 6.99. The molecule has 58 heavy (non-hydrogen) atoms. The zero-order valence-electron chi connectivity index (χ0n) is 37.2. The number of carbonyl (C=O) groups is 1. The lowest BCUT2D eigenvalue weighted by molar-refractivity contribution is -0.116. The molecule has 3 rings (SSSR count). The Kier molecular flexibility index (Phi) is 19.8. The molecule has 0 radical (unpaired) electrons. The molecular weight excluding hydrogens is 749 g/mol. The normalized spacial score (nSPS) is 14.7. The molecule has 0 saturated heterocycles. The third-order valence-corrected chi connectivity index (χ3v) is 20.6. The van der Waals surface area contributed by atoms with Crippen LogP contribution in [0.5, 0.6) is 5.75 Å². The summed E-state index contributed by atoms with van der Waals surface area (Å²) in [6.45, 7) is 24.9. The maximum atomic E-state index is 13.2. The van der Waals surface area contributed by atoms with E-state index in [1.807, 2.05) is 42.5 Å². The Bertz CT molecular complexity index is 1720. The lowest BCUT2D eigenvalue weighted by Crippen LogP contribution is -2.67. The van der Waals surface area contributed by atoms with Gasteiger partial charge in [-0.1, -0.05) is 163 Å². The molecule has 0 bridgehead atoms. The molecule has 0 unspecified atom stereocenters. The summed E-state index contributed by atoms with van der Waals surface area (Å²) in [5, 5.41) is 2.41. The van der Waals surface area contributed by atoms with Gasteiger partial charge in [0.1, 0.15) is 5.75 Å². The summed E-state index contributed by atoms with van der Waals surface area (Å²) in [5.74, 6) is 0.921. The summed E-state index contributed by atoms with van der Waals surface area (Å²) in [6, 6.07) is 29.5. The number of ether oxygens (including phenoxy) is 2. The van der Waals surface area contributed by atoms with Gasteiger partial charge in [0.2, 0.25) is 0 Å². The van der Waals surface area contributed by atoms with Crippen LogP contribution in [0.1, 0.15) is 92.6 Å². The van der Waals surface area contributed by atoms with Gasteiger partial charge in [0.15, 0.2) is 14.1 Å². The largest absolute Gasteiger partial charge is 0.497 e. The summed E-state index contributed by atoms with van der Waals surface area (Å²) in [4.78, 5) is 13.2. The maximum Gasteiger partial charge on any atom is 0.261 e. The molecule has 0 aliphatic heterocycles. The van der Waals surface area contributed by atoms with Crippen molar-refractivity contribution in [2.75, 3.05) is 7.11 Å². The molecule has 0 fully saturated rings. The van der Waals surface area contributed by atoms with Gasteiger partial charge < -0.3 is 18.3 Å². The van der Waals surface area contributed by atoms with Gasteiger partial charge in [0.25, 0.3) is 8.32 Å². The standard InChI is InChI=1S/C51H72O5Si2/c1-12-27-46(56-58(51(6,7)8,48-32-23-17-24-33-48)49-34-25-18-26-35-49)30-21-16-22-31-47(55-57(10,11)50(3,4)5)40-44(52)29-20-15-13-14-19-28-42(2)54-41-43-36-38-45(53-9)39-37-43/h12-13,15-18,20-26,29-30,32-39,42,46-47H,1,14,19,27-28,31,40-41H2,2-11H3/b15-13+,22-16-,29-20+,30-21+/t42-,46-,47-/m0/s1. The first-order valence-electron chi connectivity index (χ1n) is 21.0. The van der Waals surface area contributed by atoms with Crippen LogP contribution in [0.25, 0.3) is 0 Å². The lowest BCUT2D eigenvalue weighted by Gasteiger charge is -2.44. The summed E-state index contributed by atoms with van der Waals surface area (Å²) in [6.07, 6.45) is 22.4. The van der Waals surface area contributed by atoms with Crippen LogP contribution < -0.4 is 15.1 Å².